The number of fused-ring (bicyclic) bond motifs is 1. The fourth-order valence-corrected chi connectivity index (χ4v) is 2.77. The second-order valence-corrected chi connectivity index (χ2v) is 7.18. The molecule has 0 saturated carbocycles. The Morgan fingerprint density at radius 2 is 1.72 bits per heavy atom. The van der Waals surface area contributed by atoms with Crippen molar-refractivity contribution >= 4 is 23.1 Å². The number of H-pyrrole nitrogens is 1. The molecule has 0 amide bonds. The number of para-hydroxylation sites is 1. The minimum Gasteiger partial charge on any atom is -0.492 e. The van der Waals surface area contributed by atoms with Crippen molar-refractivity contribution in [2.24, 2.45) is 0 Å². The Morgan fingerprint density at radius 3 is 2.56 bits per heavy atom. The number of aromatic nitrogens is 1. The molecule has 0 unspecified atom stereocenters. The lowest BCUT2D eigenvalue weighted by Gasteiger charge is -2.20. The SMILES string of the molecule is CC(C)(C)NCCOc1ccccc1C=Cc1cccc2[nH]ccc12. The van der Waals surface area contributed by atoms with Crippen LogP contribution in [0.5, 0.6) is 5.75 Å². The zero-order valence-corrected chi connectivity index (χ0v) is 15.2. The number of benzene rings is 2. The molecule has 0 spiro atoms. The number of rotatable bonds is 6. The molecule has 3 nitrogen and oxygen atoms in total. The van der Waals surface area contributed by atoms with Gasteiger partial charge < -0.3 is 15.0 Å². The zero-order chi connectivity index (χ0) is 17.7. The van der Waals surface area contributed by atoms with Gasteiger partial charge in [0.25, 0.3) is 0 Å². The lowest BCUT2D eigenvalue weighted by atomic mass is 10.1. The minimum atomic E-state index is 0.109. The summed E-state index contributed by atoms with van der Waals surface area (Å²) in [6.45, 7) is 7.95. The van der Waals surface area contributed by atoms with Crippen molar-refractivity contribution in [2.75, 3.05) is 13.2 Å². The summed E-state index contributed by atoms with van der Waals surface area (Å²) >= 11 is 0. The Hall–Kier alpha value is -2.52. The topological polar surface area (TPSA) is 37.0 Å². The number of nitrogens with one attached hydrogen (secondary N) is 2. The zero-order valence-electron chi connectivity index (χ0n) is 15.2. The maximum atomic E-state index is 5.97. The fraction of sp³-hybridized carbons (Fsp3) is 0.273. The number of aromatic amines is 1. The van der Waals surface area contributed by atoms with Crippen LogP contribution >= 0.6 is 0 Å². The van der Waals surface area contributed by atoms with Gasteiger partial charge in [0.2, 0.25) is 0 Å². The van der Waals surface area contributed by atoms with Crippen molar-refractivity contribution in [1.82, 2.24) is 10.3 Å². The van der Waals surface area contributed by atoms with Crippen molar-refractivity contribution in [3.63, 3.8) is 0 Å². The second-order valence-electron chi connectivity index (χ2n) is 7.18. The molecule has 25 heavy (non-hydrogen) atoms. The van der Waals surface area contributed by atoms with E-state index in [1.807, 2.05) is 24.4 Å². The summed E-state index contributed by atoms with van der Waals surface area (Å²) in [6.07, 6.45) is 6.24. The van der Waals surface area contributed by atoms with Gasteiger partial charge in [-0.05, 0) is 44.5 Å². The van der Waals surface area contributed by atoms with E-state index < -0.39 is 0 Å². The standard InChI is InChI=1S/C22H26N2O/c1-22(2,3)24-15-16-25-21-10-5-4-7-18(21)12-11-17-8-6-9-20-19(17)13-14-23-20/h4-14,23-24H,15-16H2,1-3H3. The van der Waals surface area contributed by atoms with Gasteiger partial charge in [0.15, 0.2) is 0 Å². The monoisotopic (exact) mass is 334 g/mol. The van der Waals surface area contributed by atoms with Gasteiger partial charge in [-0.25, -0.2) is 0 Å². The molecule has 3 rings (SSSR count). The first-order valence-electron chi connectivity index (χ1n) is 8.74. The van der Waals surface area contributed by atoms with E-state index in [-0.39, 0.29) is 5.54 Å². The number of hydrogen-bond acceptors (Lipinski definition) is 2. The van der Waals surface area contributed by atoms with Crippen LogP contribution in [0.1, 0.15) is 31.9 Å². The quantitative estimate of drug-likeness (QED) is 0.486. The van der Waals surface area contributed by atoms with Crippen molar-refractivity contribution in [2.45, 2.75) is 26.3 Å². The molecule has 0 aliphatic carbocycles. The van der Waals surface area contributed by atoms with Gasteiger partial charge in [0.1, 0.15) is 12.4 Å². The van der Waals surface area contributed by atoms with Crippen LogP contribution in [-0.4, -0.2) is 23.7 Å². The smallest absolute Gasteiger partial charge is 0.126 e. The summed E-state index contributed by atoms with van der Waals surface area (Å²) in [5.41, 5.74) is 3.55. The third-order valence-corrected chi connectivity index (χ3v) is 4.01. The van der Waals surface area contributed by atoms with Gasteiger partial charge in [-0.15, -0.1) is 0 Å². The molecule has 3 aromatic rings. The molecular formula is C22H26N2O. The Labute approximate surface area is 149 Å². The first-order valence-corrected chi connectivity index (χ1v) is 8.74. The van der Waals surface area contributed by atoms with Crippen molar-refractivity contribution in [3.8, 4) is 5.75 Å². The summed E-state index contributed by atoms with van der Waals surface area (Å²) in [6, 6.07) is 16.5. The predicted molar refractivity (Wildman–Crippen MR) is 107 cm³/mol. The molecule has 3 heteroatoms. The molecule has 2 aromatic carbocycles. The van der Waals surface area contributed by atoms with E-state index in [2.05, 4.69) is 73.6 Å². The molecule has 0 fully saturated rings. The van der Waals surface area contributed by atoms with E-state index in [0.29, 0.717) is 6.61 Å². The Morgan fingerprint density at radius 1 is 0.960 bits per heavy atom. The van der Waals surface area contributed by atoms with Crippen molar-refractivity contribution in [1.29, 1.82) is 0 Å². The van der Waals surface area contributed by atoms with E-state index >= 15 is 0 Å². The molecule has 2 N–H and O–H groups in total. The normalized spacial score (nSPS) is 12.1. The van der Waals surface area contributed by atoms with E-state index in [4.69, 9.17) is 4.74 Å². The Kier molecular flexibility index (Phi) is 5.25. The van der Waals surface area contributed by atoms with E-state index in [0.717, 1.165) is 23.4 Å². The maximum absolute atomic E-state index is 5.97. The summed E-state index contributed by atoms with van der Waals surface area (Å²) in [5.74, 6) is 0.913. The highest BCUT2D eigenvalue weighted by Crippen LogP contribution is 2.23. The first kappa shape index (κ1) is 17.3. The van der Waals surface area contributed by atoms with Crippen LogP contribution in [0.3, 0.4) is 0 Å². The molecule has 0 atom stereocenters. The molecule has 0 saturated heterocycles. The summed E-state index contributed by atoms with van der Waals surface area (Å²) < 4.78 is 5.97. The minimum absolute atomic E-state index is 0.109. The lowest BCUT2D eigenvalue weighted by Crippen LogP contribution is -2.38. The van der Waals surface area contributed by atoms with Crippen LogP contribution in [0.25, 0.3) is 23.1 Å². The molecule has 1 heterocycles. The summed E-state index contributed by atoms with van der Waals surface area (Å²) in [5, 5.41) is 4.67. The predicted octanol–water partition coefficient (Wildman–Crippen LogP) is 5.11. The number of ether oxygens (including phenoxy) is 1. The average Bonchev–Trinajstić information content (AvgIpc) is 3.06. The van der Waals surface area contributed by atoms with E-state index in [1.54, 1.807) is 0 Å². The van der Waals surface area contributed by atoms with Gasteiger partial charge >= 0.3 is 0 Å². The van der Waals surface area contributed by atoms with E-state index in [1.165, 1.54) is 10.9 Å². The Bertz CT molecular complexity index is 856. The molecule has 1 aromatic heterocycles. The largest absolute Gasteiger partial charge is 0.492 e. The first-order chi connectivity index (χ1) is 12.0. The summed E-state index contributed by atoms with van der Waals surface area (Å²) in [7, 11) is 0. The average molecular weight is 334 g/mol. The van der Waals surface area contributed by atoms with Crippen LogP contribution in [0, 0.1) is 0 Å². The van der Waals surface area contributed by atoms with Crippen LogP contribution < -0.4 is 10.1 Å². The summed E-state index contributed by atoms with van der Waals surface area (Å²) in [4.78, 5) is 3.25. The molecule has 0 radical (unpaired) electrons. The lowest BCUT2D eigenvalue weighted by molar-refractivity contribution is 0.290. The highest BCUT2D eigenvalue weighted by molar-refractivity contribution is 5.91. The molecule has 0 aliphatic heterocycles. The Balaban J connectivity index is 1.71. The van der Waals surface area contributed by atoms with Gasteiger partial charge in [-0.1, -0.05) is 42.5 Å². The van der Waals surface area contributed by atoms with Gasteiger partial charge in [-0.2, -0.15) is 0 Å². The highest BCUT2D eigenvalue weighted by Gasteiger charge is 2.08. The van der Waals surface area contributed by atoms with Crippen molar-refractivity contribution < 1.29 is 4.74 Å². The molecule has 130 valence electrons. The third kappa shape index (κ3) is 4.74. The highest BCUT2D eigenvalue weighted by atomic mass is 16.5. The van der Waals surface area contributed by atoms with Gasteiger partial charge in [-0.3, -0.25) is 0 Å². The van der Waals surface area contributed by atoms with E-state index in [9.17, 15) is 0 Å². The maximum Gasteiger partial charge on any atom is 0.126 e. The van der Waals surface area contributed by atoms with Crippen LogP contribution in [-0.2, 0) is 0 Å². The molecular weight excluding hydrogens is 308 g/mol. The number of hydrogen-bond donors (Lipinski definition) is 2. The third-order valence-electron chi connectivity index (χ3n) is 4.01. The van der Waals surface area contributed by atoms with Crippen LogP contribution in [0.4, 0.5) is 0 Å². The fourth-order valence-electron chi connectivity index (χ4n) is 2.77. The van der Waals surface area contributed by atoms with Gasteiger partial charge in [0, 0.05) is 34.7 Å². The van der Waals surface area contributed by atoms with Crippen LogP contribution in [0.2, 0.25) is 0 Å². The van der Waals surface area contributed by atoms with Crippen molar-refractivity contribution in [3.05, 3.63) is 65.9 Å². The molecule has 0 aliphatic rings. The molecule has 0 bridgehead atoms. The van der Waals surface area contributed by atoms with Crippen LogP contribution in [0.15, 0.2) is 54.7 Å². The van der Waals surface area contributed by atoms with Gasteiger partial charge in [0.05, 0.1) is 0 Å². The second kappa shape index (κ2) is 7.58.